The van der Waals surface area contributed by atoms with E-state index >= 15 is 0 Å². The quantitative estimate of drug-likeness (QED) is 0.402. The highest BCUT2D eigenvalue weighted by Crippen LogP contribution is 2.16. The number of nitrogens with one attached hydrogen (secondary N) is 2. The highest BCUT2D eigenvalue weighted by atomic mass is 16.6. The summed E-state index contributed by atoms with van der Waals surface area (Å²) < 4.78 is 5.07. The molecule has 0 bridgehead atoms. The number of hydrogen-bond acceptors (Lipinski definition) is 4. The van der Waals surface area contributed by atoms with Crippen molar-refractivity contribution in [3.63, 3.8) is 0 Å². The number of ether oxygens (including phenoxy) is 1. The summed E-state index contributed by atoms with van der Waals surface area (Å²) in [6.07, 6.45) is 6.75. The van der Waals surface area contributed by atoms with Gasteiger partial charge in [0.2, 0.25) is 0 Å². The summed E-state index contributed by atoms with van der Waals surface area (Å²) >= 11 is 0. The number of aliphatic imine (C=N–C) groups is 1. The first-order chi connectivity index (χ1) is 13.1. The molecule has 2 rings (SSSR count). The Morgan fingerprint density at radius 2 is 1.81 bits per heavy atom. The number of likely N-dealkylation sites (tertiary alicyclic amines) is 2. The van der Waals surface area contributed by atoms with E-state index in [2.05, 4.69) is 27.4 Å². The van der Waals surface area contributed by atoms with Crippen LogP contribution in [0.1, 0.15) is 52.4 Å². The number of hydrogen-bond donors (Lipinski definition) is 2. The number of amides is 1. The van der Waals surface area contributed by atoms with Crippen LogP contribution in [0.25, 0.3) is 0 Å². The van der Waals surface area contributed by atoms with Crippen LogP contribution in [0.15, 0.2) is 4.99 Å². The van der Waals surface area contributed by atoms with Gasteiger partial charge in [-0.3, -0.25) is 4.99 Å². The number of carbonyl (C=O) groups is 1. The van der Waals surface area contributed by atoms with Crippen LogP contribution in [0.4, 0.5) is 4.79 Å². The van der Waals surface area contributed by atoms with Gasteiger partial charge in [-0.15, -0.1) is 0 Å². The van der Waals surface area contributed by atoms with Gasteiger partial charge in [-0.05, 0) is 71.0 Å². The van der Waals surface area contributed by atoms with Crippen molar-refractivity contribution in [3.8, 4) is 0 Å². The van der Waals surface area contributed by atoms with Gasteiger partial charge >= 0.3 is 6.09 Å². The second kappa shape index (κ2) is 12.1. The van der Waals surface area contributed by atoms with Crippen LogP contribution in [-0.4, -0.2) is 80.8 Å². The molecule has 156 valence electrons. The maximum atomic E-state index is 11.8. The second-order valence-electron chi connectivity index (χ2n) is 7.83. The number of piperidine rings is 2. The summed E-state index contributed by atoms with van der Waals surface area (Å²) in [6.45, 7) is 10.8. The van der Waals surface area contributed by atoms with Gasteiger partial charge in [0.15, 0.2) is 5.96 Å². The lowest BCUT2D eigenvalue weighted by Crippen LogP contribution is -2.50. The Bertz CT molecular complexity index is 455. The monoisotopic (exact) mass is 381 g/mol. The third-order valence-electron chi connectivity index (χ3n) is 5.66. The summed E-state index contributed by atoms with van der Waals surface area (Å²) in [6, 6.07) is 0.359. The number of guanidine groups is 1. The Morgan fingerprint density at radius 3 is 2.44 bits per heavy atom. The lowest BCUT2D eigenvalue weighted by molar-refractivity contribution is 0.0963. The fourth-order valence-corrected chi connectivity index (χ4v) is 3.76. The van der Waals surface area contributed by atoms with Gasteiger partial charge in [0, 0.05) is 32.7 Å². The first-order valence-corrected chi connectivity index (χ1v) is 10.7. The van der Waals surface area contributed by atoms with Crippen molar-refractivity contribution in [2.75, 3.05) is 52.9 Å². The third kappa shape index (κ3) is 7.95. The molecule has 0 aromatic rings. The van der Waals surface area contributed by atoms with Crippen molar-refractivity contribution in [3.05, 3.63) is 0 Å². The van der Waals surface area contributed by atoms with Crippen molar-refractivity contribution >= 4 is 12.1 Å². The highest BCUT2D eigenvalue weighted by Gasteiger charge is 2.24. The van der Waals surface area contributed by atoms with Gasteiger partial charge < -0.3 is 25.2 Å². The van der Waals surface area contributed by atoms with Gasteiger partial charge in [-0.1, -0.05) is 6.92 Å². The first-order valence-electron chi connectivity index (χ1n) is 10.7. The Morgan fingerprint density at radius 1 is 1.11 bits per heavy atom. The van der Waals surface area contributed by atoms with Crippen LogP contribution in [-0.2, 0) is 4.74 Å². The summed E-state index contributed by atoms with van der Waals surface area (Å²) in [7, 11) is 1.82. The molecule has 0 aliphatic carbocycles. The van der Waals surface area contributed by atoms with Crippen molar-refractivity contribution < 1.29 is 9.53 Å². The van der Waals surface area contributed by atoms with E-state index in [1.807, 2.05) is 14.0 Å². The molecule has 2 fully saturated rings. The first kappa shape index (κ1) is 21.8. The molecule has 0 radical (unpaired) electrons. The zero-order valence-corrected chi connectivity index (χ0v) is 17.5. The third-order valence-corrected chi connectivity index (χ3v) is 5.66. The SMILES string of the molecule is CCOC(=O)N1CCC(NC(=NC)NCCCCN2CCC(C)CC2)CC1. The largest absolute Gasteiger partial charge is 0.450 e. The Kier molecular flexibility index (Phi) is 9.73. The minimum atomic E-state index is -0.193. The molecule has 7 heteroatoms. The molecule has 2 aliphatic rings. The second-order valence-corrected chi connectivity index (χ2v) is 7.83. The van der Waals surface area contributed by atoms with Crippen LogP contribution in [0, 0.1) is 5.92 Å². The molecule has 1 amide bonds. The van der Waals surface area contributed by atoms with Crippen molar-refractivity contribution in [1.82, 2.24) is 20.4 Å². The smallest absolute Gasteiger partial charge is 0.409 e. The number of unbranched alkanes of at least 4 members (excludes halogenated alkanes) is 1. The molecule has 0 atom stereocenters. The molecular weight excluding hydrogens is 342 g/mol. The summed E-state index contributed by atoms with van der Waals surface area (Å²) in [5.74, 6) is 1.78. The van der Waals surface area contributed by atoms with E-state index in [1.54, 1.807) is 4.90 Å². The number of nitrogens with zero attached hydrogens (tertiary/aromatic N) is 3. The van der Waals surface area contributed by atoms with Gasteiger partial charge in [0.1, 0.15) is 0 Å². The summed E-state index contributed by atoms with van der Waals surface area (Å²) in [4.78, 5) is 20.5. The molecule has 0 aromatic heterocycles. The minimum absolute atomic E-state index is 0.193. The van der Waals surface area contributed by atoms with Crippen LogP contribution >= 0.6 is 0 Å². The van der Waals surface area contributed by atoms with E-state index in [0.717, 1.165) is 50.8 Å². The molecule has 27 heavy (non-hydrogen) atoms. The Labute approximate surface area is 164 Å². The maximum Gasteiger partial charge on any atom is 0.409 e. The van der Waals surface area contributed by atoms with Crippen molar-refractivity contribution in [2.45, 2.75) is 58.4 Å². The maximum absolute atomic E-state index is 11.8. The molecular formula is C20H39N5O2. The average molecular weight is 382 g/mol. The topological polar surface area (TPSA) is 69.2 Å². The zero-order chi connectivity index (χ0) is 19.5. The zero-order valence-electron chi connectivity index (χ0n) is 17.5. The molecule has 0 spiro atoms. The van der Waals surface area contributed by atoms with Crippen molar-refractivity contribution in [2.24, 2.45) is 10.9 Å². The summed E-state index contributed by atoms with van der Waals surface area (Å²) in [5, 5.41) is 6.92. The van der Waals surface area contributed by atoms with E-state index in [4.69, 9.17) is 4.74 Å². The van der Waals surface area contributed by atoms with Crippen LogP contribution in [0.2, 0.25) is 0 Å². The lowest BCUT2D eigenvalue weighted by atomic mass is 9.99. The van der Waals surface area contributed by atoms with Gasteiger partial charge in [0.05, 0.1) is 6.61 Å². The molecule has 2 saturated heterocycles. The Balaban J connectivity index is 1.55. The van der Waals surface area contributed by atoms with Gasteiger partial charge in [-0.25, -0.2) is 4.79 Å². The number of rotatable bonds is 7. The molecule has 0 unspecified atom stereocenters. The lowest BCUT2D eigenvalue weighted by Gasteiger charge is -2.32. The molecule has 7 nitrogen and oxygen atoms in total. The number of carbonyl (C=O) groups excluding carboxylic acids is 1. The van der Waals surface area contributed by atoms with E-state index in [-0.39, 0.29) is 6.09 Å². The molecule has 2 N–H and O–H groups in total. The minimum Gasteiger partial charge on any atom is -0.450 e. The van der Waals surface area contributed by atoms with Crippen LogP contribution in [0.3, 0.4) is 0 Å². The van der Waals surface area contributed by atoms with Gasteiger partial charge in [0.25, 0.3) is 0 Å². The summed E-state index contributed by atoms with van der Waals surface area (Å²) in [5.41, 5.74) is 0. The van der Waals surface area contributed by atoms with Gasteiger partial charge in [-0.2, -0.15) is 0 Å². The van der Waals surface area contributed by atoms with E-state index in [1.165, 1.54) is 38.9 Å². The fourth-order valence-electron chi connectivity index (χ4n) is 3.76. The standard InChI is InChI=1S/C20H39N5O2/c1-4-27-20(26)25-15-9-18(10-16-25)23-19(21-3)22-11-5-6-12-24-13-7-17(2)8-14-24/h17-18H,4-16H2,1-3H3,(H2,21,22,23). The van der Waals surface area contributed by atoms with E-state index in [0.29, 0.717) is 12.6 Å². The van der Waals surface area contributed by atoms with E-state index < -0.39 is 0 Å². The molecule has 0 aromatic carbocycles. The molecule has 2 aliphatic heterocycles. The Hall–Kier alpha value is -1.50. The molecule has 0 saturated carbocycles. The van der Waals surface area contributed by atoms with Crippen LogP contribution < -0.4 is 10.6 Å². The molecule has 2 heterocycles. The predicted molar refractivity (Wildman–Crippen MR) is 110 cm³/mol. The van der Waals surface area contributed by atoms with E-state index in [9.17, 15) is 4.79 Å². The normalized spacial score (nSPS) is 20.6. The average Bonchev–Trinajstić information content (AvgIpc) is 2.69. The van der Waals surface area contributed by atoms with Crippen LogP contribution in [0.5, 0.6) is 0 Å². The predicted octanol–water partition coefficient (Wildman–Crippen LogP) is 2.28. The van der Waals surface area contributed by atoms with Crippen molar-refractivity contribution in [1.29, 1.82) is 0 Å². The fraction of sp³-hybridized carbons (Fsp3) is 0.900. The highest BCUT2D eigenvalue weighted by molar-refractivity contribution is 5.80.